The monoisotopic (exact) mass is 312 g/mol. The van der Waals surface area contributed by atoms with E-state index in [0.29, 0.717) is 12.1 Å². The molecule has 0 aromatic heterocycles. The minimum absolute atomic E-state index is 0.128. The number of halogens is 1. The Kier molecular flexibility index (Phi) is 3.90. The van der Waals surface area contributed by atoms with E-state index in [1.165, 1.54) is 19.3 Å². The third-order valence-electron chi connectivity index (χ3n) is 3.61. The van der Waals surface area contributed by atoms with Gasteiger partial charge in [0.2, 0.25) is 0 Å². The molecule has 98 valence electrons. The number of nitro benzene ring substituents is 1. The second-order valence-corrected chi connectivity index (χ2v) is 5.78. The summed E-state index contributed by atoms with van der Waals surface area (Å²) in [6, 6.07) is 5.97. The first-order valence-corrected chi connectivity index (χ1v) is 7.02. The second kappa shape index (κ2) is 5.26. The Morgan fingerprint density at radius 3 is 2.44 bits per heavy atom. The van der Waals surface area contributed by atoms with E-state index in [9.17, 15) is 10.1 Å². The highest BCUT2D eigenvalue weighted by molar-refractivity contribution is 9.10. The van der Waals surface area contributed by atoms with Crippen LogP contribution in [-0.2, 0) is 0 Å². The van der Waals surface area contributed by atoms with Crippen molar-refractivity contribution in [2.45, 2.75) is 45.2 Å². The van der Waals surface area contributed by atoms with Gasteiger partial charge in [-0.15, -0.1) is 0 Å². The molecule has 0 bridgehead atoms. The van der Waals surface area contributed by atoms with Crippen molar-refractivity contribution in [3.8, 4) is 0 Å². The second-order valence-electron chi connectivity index (χ2n) is 4.93. The molecule has 1 aromatic rings. The minimum atomic E-state index is -0.363. The first kappa shape index (κ1) is 13.3. The molecule has 1 aromatic carbocycles. The van der Waals surface area contributed by atoms with Crippen LogP contribution in [0.3, 0.4) is 0 Å². The Morgan fingerprint density at radius 2 is 1.94 bits per heavy atom. The highest BCUT2D eigenvalue weighted by atomic mass is 79.9. The van der Waals surface area contributed by atoms with Gasteiger partial charge in [0.25, 0.3) is 5.69 Å². The third kappa shape index (κ3) is 2.51. The number of benzene rings is 1. The zero-order chi connectivity index (χ0) is 13.3. The lowest BCUT2D eigenvalue weighted by Gasteiger charge is -2.41. The smallest absolute Gasteiger partial charge is 0.270 e. The SMILES string of the molecule is C[C@H]1CCC[C@H](C)N1c1ccc([N+](=O)[O-])cc1Br. The van der Waals surface area contributed by atoms with Gasteiger partial charge in [0.15, 0.2) is 0 Å². The van der Waals surface area contributed by atoms with Crippen molar-refractivity contribution >= 4 is 27.3 Å². The summed E-state index contributed by atoms with van der Waals surface area (Å²) in [6.07, 6.45) is 3.60. The first-order chi connectivity index (χ1) is 8.50. The van der Waals surface area contributed by atoms with Crippen molar-refractivity contribution in [1.82, 2.24) is 0 Å². The topological polar surface area (TPSA) is 46.4 Å². The molecule has 0 amide bonds. The lowest BCUT2D eigenvalue weighted by atomic mass is 9.96. The summed E-state index contributed by atoms with van der Waals surface area (Å²) in [5, 5.41) is 10.7. The maximum absolute atomic E-state index is 10.7. The Morgan fingerprint density at radius 1 is 1.33 bits per heavy atom. The van der Waals surface area contributed by atoms with Gasteiger partial charge in [-0.25, -0.2) is 0 Å². The molecule has 5 heteroatoms. The van der Waals surface area contributed by atoms with Crippen LogP contribution in [0.25, 0.3) is 0 Å². The fraction of sp³-hybridized carbons (Fsp3) is 0.538. The summed E-state index contributed by atoms with van der Waals surface area (Å²) in [5.41, 5.74) is 1.18. The van der Waals surface area contributed by atoms with Crippen molar-refractivity contribution in [2.75, 3.05) is 4.90 Å². The lowest BCUT2D eigenvalue weighted by molar-refractivity contribution is -0.384. The number of nitrogens with zero attached hydrogens (tertiary/aromatic N) is 2. The lowest BCUT2D eigenvalue weighted by Crippen LogP contribution is -2.44. The summed E-state index contributed by atoms with van der Waals surface area (Å²) in [6.45, 7) is 4.42. The van der Waals surface area contributed by atoms with E-state index in [1.807, 2.05) is 6.07 Å². The van der Waals surface area contributed by atoms with Crippen molar-refractivity contribution < 1.29 is 4.92 Å². The molecule has 1 aliphatic rings. The van der Waals surface area contributed by atoms with Gasteiger partial charge in [0, 0.05) is 28.7 Å². The number of anilines is 1. The van der Waals surface area contributed by atoms with Crippen LogP contribution in [0.4, 0.5) is 11.4 Å². The molecule has 0 N–H and O–H groups in total. The van der Waals surface area contributed by atoms with Crippen LogP contribution in [0.5, 0.6) is 0 Å². The molecule has 1 aliphatic heterocycles. The molecule has 1 fully saturated rings. The number of hydrogen-bond acceptors (Lipinski definition) is 3. The van der Waals surface area contributed by atoms with Crippen LogP contribution in [0, 0.1) is 10.1 Å². The van der Waals surface area contributed by atoms with Crippen LogP contribution in [0.15, 0.2) is 22.7 Å². The molecule has 0 radical (unpaired) electrons. The van der Waals surface area contributed by atoms with E-state index in [2.05, 4.69) is 34.7 Å². The van der Waals surface area contributed by atoms with Gasteiger partial charge >= 0.3 is 0 Å². The molecule has 2 atom stereocenters. The van der Waals surface area contributed by atoms with Crippen LogP contribution in [-0.4, -0.2) is 17.0 Å². The number of piperidine rings is 1. The molecular formula is C13H17BrN2O2. The number of hydrogen-bond donors (Lipinski definition) is 0. The quantitative estimate of drug-likeness (QED) is 0.609. The van der Waals surface area contributed by atoms with Gasteiger partial charge in [-0.05, 0) is 55.1 Å². The molecular weight excluding hydrogens is 296 g/mol. The van der Waals surface area contributed by atoms with E-state index < -0.39 is 0 Å². The Labute approximate surface area is 115 Å². The van der Waals surface area contributed by atoms with Crippen LogP contribution < -0.4 is 4.90 Å². The van der Waals surface area contributed by atoms with Crippen molar-refractivity contribution in [3.05, 3.63) is 32.8 Å². The number of non-ortho nitro benzene ring substituents is 1. The molecule has 0 spiro atoms. The maximum atomic E-state index is 10.7. The minimum Gasteiger partial charge on any atom is -0.365 e. The highest BCUT2D eigenvalue weighted by Gasteiger charge is 2.26. The largest absolute Gasteiger partial charge is 0.365 e. The first-order valence-electron chi connectivity index (χ1n) is 6.23. The van der Waals surface area contributed by atoms with Crippen LogP contribution in [0.2, 0.25) is 0 Å². The van der Waals surface area contributed by atoms with E-state index in [1.54, 1.807) is 12.1 Å². The van der Waals surface area contributed by atoms with Crippen LogP contribution in [0.1, 0.15) is 33.1 Å². The molecule has 1 saturated heterocycles. The van der Waals surface area contributed by atoms with Gasteiger partial charge in [-0.3, -0.25) is 10.1 Å². The van der Waals surface area contributed by atoms with E-state index >= 15 is 0 Å². The van der Waals surface area contributed by atoms with Crippen LogP contribution >= 0.6 is 15.9 Å². The normalized spacial score (nSPS) is 24.1. The predicted octanol–water partition coefficient (Wildman–Crippen LogP) is 4.12. The highest BCUT2D eigenvalue weighted by Crippen LogP contribution is 2.36. The predicted molar refractivity (Wildman–Crippen MR) is 76.1 cm³/mol. The molecule has 4 nitrogen and oxygen atoms in total. The summed E-state index contributed by atoms with van der Waals surface area (Å²) in [4.78, 5) is 12.7. The summed E-state index contributed by atoms with van der Waals surface area (Å²) >= 11 is 3.46. The summed E-state index contributed by atoms with van der Waals surface area (Å²) in [7, 11) is 0. The summed E-state index contributed by atoms with van der Waals surface area (Å²) < 4.78 is 0.803. The molecule has 0 aliphatic carbocycles. The van der Waals surface area contributed by atoms with Gasteiger partial charge in [-0.2, -0.15) is 0 Å². The van der Waals surface area contributed by atoms with Gasteiger partial charge in [-0.1, -0.05) is 0 Å². The molecule has 18 heavy (non-hydrogen) atoms. The average Bonchev–Trinajstić information content (AvgIpc) is 2.30. The fourth-order valence-corrected chi connectivity index (χ4v) is 3.29. The molecule has 0 saturated carbocycles. The van der Waals surface area contributed by atoms with E-state index in [0.717, 1.165) is 10.2 Å². The zero-order valence-corrected chi connectivity index (χ0v) is 12.2. The molecule has 2 rings (SSSR count). The number of rotatable bonds is 2. The number of nitro groups is 1. The third-order valence-corrected chi connectivity index (χ3v) is 4.25. The summed E-state index contributed by atoms with van der Waals surface area (Å²) in [5.74, 6) is 0. The Balaban J connectivity index is 2.35. The Bertz CT molecular complexity index is 454. The molecule has 0 unspecified atom stereocenters. The van der Waals surface area contributed by atoms with E-state index in [4.69, 9.17) is 0 Å². The standard InChI is InChI=1S/C13H17BrN2O2/c1-9-4-3-5-10(2)15(9)13-7-6-11(16(17)18)8-12(13)14/h6-10H,3-5H2,1-2H3/t9-,10-/m0/s1. The van der Waals surface area contributed by atoms with Crippen molar-refractivity contribution in [2.24, 2.45) is 0 Å². The van der Waals surface area contributed by atoms with Gasteiger partial charge < -0.3 is 4.90 Å². The van der Waals surface area contributed by atoms with Crippen molar-refractivity contribution in [1.29, 1.82) is 0 Å². The Hall–Kier alpha value is -1.10. The maximum Gasteiger partial charge on any atom is 0.270 e. The van der Waals surface area contributed by atoms with Gasteiger partial charge in [0.1, 0.15) is 0 Å². The zero-order valence-electron chi connectivity index (χ0n) is 10.6. The van der Waals surface area contributed by atoms with Gasteiger partial charge in [0.05, 0.1) is 10.6 Å². The van der Waals surface area contributed by atoms with E-state index in [-0.39, 0.29) is 10.6 Å². The fourth-order valence-electron chi connectivity index (χ4n) is 2.71. The molecule has 1 heterocycles. The average molecular weight is 313 g/mol. The van der Waals surface area contributed by atoms with Crippen molar-refractivity contribution in [3.63, 3.8) is 0 Å².